The van der Waals surface area contributed by atoms with Gasteiger partial charge in [-0.05, 0) is 24.0 Å². The predicted octanol–water partition coefficient (Wildman–Crippen LogP) is 0.468. The number of nitrogens with zero attached hydrogens (tertiary/aromatic N) is 1. The number of fused-ring (bicyclic) bond motifs is 1. The zero-order valence-corrected chi connectivity index (χ0v) is 8.43. The van der Waals surface area contributed by atoms with Gasteiger partial charge in [-0.2, -0.15) is 0 Å². The lowest BCUT2D eigenvalue weighted by molar-refractivity contribution is 0.0765. The van der Waals surface area contributed by atoms with E-state index in [2.05, 4.69) is 0 Å². The Kier molecular flexibility index (Phi) is 2.38. The van der Waals surface area contributed by atoms with Crippen molar-refractivity contribution < 1.29 is 9.59 Å². The molecule has 1 aromatic carbocycles. The highest BCUT2D eigenvalue weighted by Gasteiger charge is 2.47. The molecule has 1 unspecified atom stereocenters. The fraction of sp³-hybridized carbons (Fsp3) is 0.273. The van der Waals surface area contributed by atoms with E-state index in [1.807, 2.05) is 0 Å². The standard InChI is InChI=1S/C11H12N2O2/c1-7(12)6-13-10(14)8-4-2-3-5-9(8)11(13)15/h2-5,7H,6,12H2,1H3/q+1. The maximum Gasteiger partial charge on any atom is 0.402 e. The normalized spacial score (nSPS) is 18.0. The molecular weight excluding hydrogens is 192 g/mol. The summed E-state index contributed by atoms with van der Waals surface area (Å²) in [7, 11) is 0. The Morgan fingerprint density at radius 2 is 1.67 bits per heavy atom. The first kappa shape index (κ1) is 10.0. The molecule has 2 amide bonds. The Balaban J connectivity index is 2.37. The third-order valence-electron chi connectivity index (χ3n) is 2.35. The lowest BCUT2D eigenvalue weighted by atomic mass is 10.1. The highest BCUT2D eigenvalue weighted by atomic mass is 16.2. The SMILES string of the molecule is CC(N)C[N+]1C(=O)c2ccccc2C1=O. The van der Waals surface area contributed by atoms with Gasteiger partial charge in [0, 0.05) is 0 Å². The van der Waals surface area contributed by atoms with Gasteiger partial charge in [0.1, 0.15) is 11.1 Å². The van der Waals surface area contributed by atoms with Crippen molar-refractivity contribution in [3.63, 3.8) is 0 Å². The van der Waals surface area contributed by atoms with Crippen molar-refractivity contribution >= 4 is 11.8 Å². The first-order chi connectivity index (χ1) is 7.11. The summed E-state index contributed by atoms with van der Waals surface area (Å²) in [5.74, 6) is -0.485. The van der Waals surface area contributed by atoms with Gasteiger partial charge in [-0.1, -0.05) is 12.1 Å². The van der Waals surface area contributed by atoms with E-state index in [0.29, 0.717) is 11.1 Å². The van der Waals surface area contributed by atoms with Gasteiger partial charge in [0.2, 0.25) is 0 Å². The molecule has 0 saturated heterocycles. The minimum atomic E-state index is -0.243. The quantitative estimate of drug-likeness (QED) is 0.562. The van der Waals surface area contributed by atoms with E-state index in [4.69, 9.17) is 5.73 Å². The van der Waals surface area contributed by atoms with Crippen LogP contribution in [0.5, 0.6) is 0 Å². The molecule has 2 N–H and O–H groups in total. The molecule has 1 atom stereocenters. The van der Waals surface area contributed by atoms with Crippen LogP contribution >= 0.6 is 0 Å². The minimum absolute atomic E-state index is 0.202. The Morgan fingerprint density at radius 3 is 2.07 bits per heavy atom. The van der Waals surface area contributed by atoms with Crippen molar-refractivity contribution in [2.45, 2.75) is 13.0 Å². The minimum Gasteiger partial charge on any atom is -0.323 e. The van der Waals surface area contributed by atoms with Crippen molar-refractivity contribution in [1.29, 1.82) is 0 Å². The van der Waals surface area contributed by atoms with Gasteiger partial charge in [-0.15, -0.1) is 0 Å². The largest absolute Gasteiger partial charge is 0.402 e. The fourth-order valence-electron chi connectivity index (χ4n) is 1.69. The lowest BCUT2D eigenvalue weighted by Crippen LogP contribution is -2.44. The van der Waals surface area contributed by atoms with Crippen molar-refractivity contribution in [1.82, 2.24) is 4.90 Å². The average molecular weight is 204 g/mol. The molecular formula is C11H12N2O2+. The summed E-state index contributed by atoms with van der Waals surface area (Å²) in [4.78, 5) is 24.8. The molecule has 4 nitrogen and oxygen atoms in total. The third kappa shape index (κ3) is 1.58. The first-order valence-electron chi connectivity index (χ1n) is 4.82. The van der Waals surface area contributed by atoms with Crippen LogP contribution in [0.25, 0.3) is 0 Å². The van der Waals surface area contributed by atoms with Gasteiger partial charge in [-0.25, -0.2) is 9.59 Å². The lowest BCUT2D eigenvalue weighted by Gasteiger charge is -2.02. The number of nitrogens with two attached hydrogens (primary N) is 1. The van der Waals surface area contributed by atoms with Gasteiger partial charge in [0.15, 0.2) is 6.54 Å². The van der Waals surface area contributed by atoms with Crippen molar-refractivity contribution in [3.05, 3.63) is 35.4 Å². The van der Waals surface area contributed by atoms with Crippen molar-refractivity contribution in [3.8, 4) is 0 Å². The number of carbonyl (C=O) groups excluding carboxylic acids is 2. The highest BCUT2D eigenvalue weighted by Crippen LogP contribution is 2.20. The summed E-state index contributed by atoms with van der Waals surface area (Å²) in [5, 5.41) is 0. The summed E-state index contributed by atoms with van der Waals surface area (Å²) >= 11 is 0. The van der Waals surface area contributed by atoms with Crippen LogP contribution in [-0.4, -0.2) is 24.4 Å². The summed E-state index contributed by atoms with van der Waals surface area (Å²) in [6, 6.07) is 6.62. The molecule has 0 bridgehead atoms. The molecule has 0 saturated carbocycles. The monoisotopic (exact) mass is 204 g/mol. The van der Waals surface area contributed by atoms with Crippen molar-refractivity contribution in [2.75, 3.05) is 6.54 Å². The second-order valence-corrected chi connectivity index (χ2v) is 3.74. The summed E-state index contributed by atoms with van der Waals surface area (Å²) in [5.41, 5.74) is 6.54. The summed E-state index contributed by atoms with van der Waals surface area (Å²) in [6.45, 7) is 2.04. The van der Waals surface area contributed by atoms with E-state index < -0.39 is 0 Å². The second-order valence-electron chi connectivity index (χ2n) is 3.74. The van der Waals surface area contributed by atoms with Crippen LogP contribution in [0.3, 0.4) is 0 Å². The molecule has 77 valence electrons. The van der Waals surface area contributed by atoms with Crippen LogP contribution < -0.4 is 10.6 Å². The second kappa shape index (κ2) is 3.56. The Hall–Kier alpha value is -1.52. The van der Waals surface area contributed by atoms with Gasteiger partial charge < -0.3 is 5.73 Å². The van der Waals surface area contributed by atoms with Gasteiger partial charge in [0.25, 0.3) is 0 Å². The van der Waals surface area contributed by atoms with Crippen LogP contribution in [0.1, 0.15) is 27.6 Å². The summed E-state index contributed by atoms with van der Waals surface area (Å²) in [6.07, 6.45) is 0. The van der Waals surface area contributed by atoms with E-state index in [-0.39, 0.29) is 24.4 Å². The van der Waals surface area contributed by atoms with Crippen LogP contribution in [0.2, 0.25) is 0 Å². The molecule has 1 radical (unpaired) electrons. The number of amides is 2. The predicted molar refractivity (Wildman–Crippen MR) is 55.8 cm³/mol. The van der Waals surface area contributed by atoms with Crippen molar-refractivity contribution in [2.24, 2.45) is 5.73 Å². The number of carbonyl (C=O) groups is 2. The Bertz CT molecular complexity index is 391. The molecule has 1 aliphatic rings. The smallest absolute Gasteiger partial charge is 0.323 e. The van der Waals surface area contributed by atoms with Gasteiger partial charge >= 0.3 is 11.8 Å². The van der Waals surface area contributed by atoms with Crippen LogP contribution in [0.4, 0.5) is 0 Å². The van der Waals surface area contributed by atoms with E-state index in [9.17, 15) is 9.59 Å². The maximum absolute atomic E-state index is 11.8. The summed E-state index contributed by atoms with van der Waals surface area (Å²) < 4.78 is 0. The van der Waals surface area contributed by atoms with Crippen LogP contribution in [0, 0.1) is 0 Å². The maximum atomic E-state index is 11.8. The molecule has 1 heterocycles. The van der Waals surface area contributed by atoms with E-state index in [0.717, 1.165) is 0 Å². The molecule has 0 aliphatic carbocycles. The molecule has 0 spiro atoms. The fourth-order valence-corrected chi connectivity index (χ4v) is 1.69. The van der Waals surface area contributed by atoms with E-state index >= 15 is 0 Å². The number of hydrogen-bond acceptors (Lipinski definition) is 3. The van der Waals surface area contributed by atoms with E-state index in [1.165, 1.54) is 4.90 Å². The molecule has 0 fully saturated rings. The van der Waals surface area contributed by atoms with Gasteiger partial charge in [-0.3, -0.25) is 0 Å². The number of benzene rings is 1. The molecule has 1 aliphatic heterocycles. The number of imide groups is 1. The molecule has 0 aromatic heterocycles. The Labute approximate surface area is 87.7 Å². The third-order valence-corrected chi connectivity index (χ3v) is 2.35. The van der Waals surface area contributed by atoms with Crippen LogP contribution in [0.15, 0.2) is 24.3 Å². The highest BCUT2D eigenvalue weighted by molar-refractivity contribution is 6.23. The zero-order valence-electron chi connectivity index (χ0n) is 8.43. The topological polar surface area (TPSA) is 66.1 Å². The molecule has 2 rings (SSSR count). The van der Waals surface area contributed by atoms with Crippen LogP contribution in [-0.2, 0) is 0 Å². The Morgan fingerprint density at radius 1 is 1.20 bits per heavy atom. The van der Waals surface area contributed by atoms with Gasteiger partial charge in [0.05, 0.1) is 6.04 Å². The van der Waals surface area contributed by atoms with E-state index in [1.54, 1.807) is 31.2 Å². The molecule has 1 aromatic rings. The average Bonchev–Trinajstić information content (AvgIpc) is 2.44. The zero-order chi connectivity index (χ0) is 11.0. The molecule has 15 heavy (non-hydrogen) atoms. The number of hydrogen-bond donors (Lipinski definition) is 1. The molecule has 4 heteroatoms. The number of rotatable bonds is 2. The first-order valence-corrected chi connectivity index (χ1v) is 4.82.